The van der Waals surface area contributed by atoms with E-state index in [2.05, 4.69) is 29.5 Å². The van der Waals surface area contributed by atoms with Crippen molar-refractivity contribution in [3.63, 3.8) is 0 Å². The Morgan fingerprint density at radius 3 is 2.78 bits per heavy atom. The second kappa shape index (κ2) is 7.45. The summed E-state index contributed by atoms with van der Waals surface area (Å²) in [6, 6.07) is 0. The Morgan fingerprint density at radius 2 is 2.17 bits per heavy atom. The average molecular weight is 256 g/mol. The predicted octanol–water partition coefficient (Wildman–Crippen LogP) is 0.301. The molecule has 1 rings (SSSR count). The molecule has 6 nitrogen and oxygen atoms in total. The summed E-state index contributed by atoms with van der Waals surface area (Å²) in [6.45, 7) is 5.87. The number of aliphatic hydroxyl groups is 2. The molecule has 0 radical (unpaired) electrons. The van der Waals surface area contributed by atoms with Crippen molar-refractivity contribution in [2.45, 2.75) is 51.7 Å². The lowest BCUT2D eigenvalue weighted by Crippen LogP contribution is -2.42. The largest absolute Gasteiger partial charge is 0.396 e. The molecule has 3 N–H and O–H groups in total. The number of hydrogen-bond acceptors (Lipinski definition) is 5. The second-order valence-electron chi connectivity index (χ2n) is 4.79. The van der Waals surface area contributed by atoms with Crippen LogP contribution in [-0.2, 0) is 13.1 Å². The lowest BCUT2D eigenvalue weighted by molar-refractivity contribution is 0.214. The number of aromatic nitrogens is 3. The van der Waals surface area contributed by atoms with Gasteiger partial charge in [-0.25, -0.2) is 0 Å². The molecule has 0 aliphatic carbocycles. The number of aryl methyl sites for hydroxylation is 1. The Bertz CT molecular complexity index is 343. The molecule has 1 unspecified atom stereocenters. The Morgan fingerprint density at radius 1 is 1.39 bits per heavy atom. The van der Waals surface area contributed by atoms with E-state index in [9.17, 15) is 0 Å². The van der Waals surface area contributed by atoms with Gasteiger partial charge in [-0.3, -0.25) is 4.68 Å². The summed E-state index contributed by atoms with van der Waals surface area (Å²) in [5, 5.41) is 29.2. The SMILES string of the molecule is CCC(C)(CCO)NCc1cn(CCCO)nn1. The van der Waals surface area contributed by atoms with Crippen LogP contribution in [0.15, 0.2) is 6.20 Å². The van der Waals surface area contributed by atoms with E-state index >= 15 is 0 Å². The number of hydrogen-bond donors (Lipinski definition) is 3. The maximum atomic E-state index is 9.04. The summed E-state index contributed by atoms with van der Waals surface area (Å²) in [6.07, 6.45) is 4.25. The standard InChI is InChI=1S/C12H24N4O2/c1-3-12(2,5-8-18)13-9-11-10-16(15-14-11)6-4-7-17/h10,13,17-18H,3-9H2,1-2H3. The molecule has 1 atom stereocenters. The summed E-state index contributed by atoms with van der Waals surface area (Å²) in [7, 11) is 0. The van der Waals surface area contributed by atoms with Crippen LogP contribution in [0.25, 0.3) is 0 Å². The smallest absolute Gasteiger partial charge is 0.0965 e. The Balaban J connectivity index is 2.44. The Kier molecular flexibility index (Phi) is 6.24. The fourth-order valence-electron chi connectivity index (χ4n) is 1.70. The zero-order valence-electron chi connectivity index (χ0n) is 11.3. The van der Waals surface area contributed by atoms with Crippen LogP contribution in [-0.4, -0.2) is 44.0 Å². The molecule has 1 aromatic heterocycles. The quantitative estimate of drug-likeness (QED) is 0.592. The van der Waals surface area contributed by atoms with Crippen molar-refractivity contribution in [1.29, 1.82) is 0 Å². The summed E-state index contributed by atoms with van der Waals surface area (Å²) < 4.78 is 1.74. The van der Waals surface area contributed by atoms with Crippen molar-refractivity contribution in [3.8, 4) is 0 Å². The number of nitrogens with one attached hydrogen (secondary N) is 1. The monoisotopic (exact) mass is 256 g/mol. The zero-order chi connectivity index (χ0) is 13.4. The van der Waals surface area contributed by atoms with Crippen molar-refractivity contribution in [2.24, 2.45) is 0 Å². The fraction of sp³-hybridized carbons (Fsp3) is 0.833. The van der Waals surface area contributed by atoms with Crippen LogP contribution in [0.4, 0.5) is 0 Å². The minimum absolute atomic E-state index is 0.0658. The maximum absolute atomic E-state index is 9.04. The van der Waals surface area contributed by atoms with Gasteiger partial charge in [0.25, 0.3) is 0 Å². The molecule has 0 fully saturated rings. The first-order chi connectivity index (χ1) is 8.63. The predicted molar refractivity (Wildman–Crippen MR) is 69.0 cm³/mol. The van der Waals surface area contributed by atoms with Crippen molar-refractivity contribution in [1.82, 2.24) is 20.3 Å². The van der Waals surface area contributed by atoms with Gasteiger partial charge in [0.2, 0.25) is 0 Å². The van der Waals surface area contributed by atoms with Crippen molar-refractivity contribution < 1.29 is 10.2 Å². The molecule has 0 saturated carbocycles. The molecule has 1 heterocycles. The first-order valence-electron chi connectivity index (χ1n) is 6.49. The molecule has 0 bridgehead atoms. The minimum atomic E-state index is -0.0658. The van der Waals surface area contributed by atoms with Gasteiger partial charge in [0.15, 0.2) is 0 Å². The third-order valence-electron chi connectivity index (χ3n) is 3.27. The van der Waals surface area contributed by atoms with Crippen LogP contribution in [0.2, 0.25) is 0 Å². The number of rotatable bonds is 9. The number of aliphatic hydroxyl groups excluding tert-OH is 2. The third kappa shape index (κ3) is 4.72. The van der Waals surface area contributed by atoms with Gasteiger partial charge in [-0.2, -0.15) is 0 Å². The van der Waals surface area contributed by atoms with Crippen LogP contribution >= 0.6 is 0 Å². The summed E-state index contributed by atoms with van der Waals surface area (Å²) in [5.74, 6) is 0. The molecular weight excluding hydrogens is 232 g/mol. The Hall–Kier alpha value is -0.980. The van der Waals surface area contributed by atoms with Crippen molar-refractivity contribution in [3.05, 3.63) is 11.9 Å². The van der Waals surface area contributed by atoms with E-state index < -0.39 is 0 Å². The molecule has 0 aliphatic rings. The zero-order valence-corrected chi connectivity index (χ0v) is 11.3. The fourth-order valence-corrected chi connectivity index (χ4v) is 1.70. The van der Waals surface area contributed by atoms with E-state index in [0.29, 0.717) is 19.5 Å². The molecule has 18 heavy (non-hydrogen) atoms. The minimum Gasteiger partial charge on any atom is -0.396 e. The van der Waals surface area contributed by atoms with Crippen LogP contribution in [0.5, 0.6) is 0 Å². The van der Waals surface area contributed by atoms with Gasteiger partial charge < -0.3 is 15.5 Å². The third-order valence-corrected chi connectivity index (χ3v) is 3.27. The molecule has 104 valence electrons. The van der Waals surface area contributed by atoms with E-state index in [4.69, 9.17) is 10.2 Å². The highest BCUT2D eigenvalue weighted by molar-refractivity contribution is 4.94. The van der Waals surface area contributed by atoms with Crippen LogP contribution < -0.4 is 5.32 Å². The van der Waals surface area contributed by atoms with Crippen LogP contribution in [0, 0.1) is 0 Å². The molecular formula is C12H24N4O2. The normalized spacial score (nSPS) is 14.7. The molecule has 0 aliphatic heterocycles. The van der Waals surface area contributed by atoms with Gasteiger partial charge in [0.1, 0.15) is 0 Å². The summed E-state index contributed by atoms with van der Waals surface area (Å²) >= 11 is 0. The molecule has 0 amide bonds. The highest BCUT2D eigenvalue weighted by Gasteiger charge is 2.20. The molecule has 0 saturated heterocycles. The van der Waals surface area contributed by atoms with Crippen LogP contribution in [0.3, 0.4) is 0 Å². The van der Waals surface area contributed by atoms with Gasteiger partial charge in [0, 0.05) is 38.0 Å². The topological polar surface area (TPSA) is 83.2 Å². The second-order valence-corrected chi connectivity index (χ2v) is 4.79. The summed E-state index contributed by atoms with van der Waals surface area (Å²) in [5.41, 5.74) is 0.814. The number of nitrogens with zero attached hydrogens (tertiary/aromatic N) is 3. The molecule has 1 aromatic rings. The highest BCUT2D eigenvalue weighted by Crippen LogP contribution is 2.14. The molecule has 6 heteroatoms. The lowest BCUT2D eigenvalue weighted by atomic mass is 9.95. The highest BCUT2D eigenvalue weighted by atomic mass is 16.3. The van der Waals surface area contributed by atoms with E-state index in [1.807, 2.05) is 6.20 Å². The maximum Gasteiger partial charge on any atom is 0.0965 e. The van der Waals surface area contributed by atoms with Crippen LogP contribution in [0.1, 0.15) is 38.8 Å². The first-order valence-corrected chi connectivity index (χ1v) is 6.49. The first kappa shape index (κ1) is 15.1. The van der Waals surface area contributed by atoms with E-state index in [1.165, 1.54) is 0 Å². The lowest BCUT2D eigenvalue weighted by Gasteiger charge is -2.28. The van der Waals surface area contributed by atoms with Gasteiger partial charge >= 0.3 is 0 Å². The van der Waals surface area contributed by atoms with Gasteiger partial charge in [0.05, 0.1) is 5.69 Å². The van der Waals surface area contributed by atoms with Gasteiger partial charge in [-0.05, 0) is 26.2 Å². The Labute approximate surface area is 108 Å². The van der Waals surface area contributed by atoms with Crippen molar-refractivity contribution in [2.75, 3.05) is 13.2 Å². The van der Waals surface area contributed by atoms with Crippen molar-refractivity contribution >= 4 is 0 Å². The molecule has 0 aromatic carbocycles. The van der Waals surface area contributed by atoms with Gasteiger partial charge in [-0.1, -0.05) is 12.1 Å². The van der Waals surface area contributed by atoms with E-state index in [0.717, 1.165) is 18.5 Å². The average Bonchev–Trinajstić information content (AvgIpc) is 2.82. The van der Waals surface area contributed by atoms with Gasteiger partial charge in [-0.15, -0.1) is 5.10 Å². The van der Waals surface area contributed by atoms with E-state index in [1.54, 1.807) is 4.68 Å². The van der Waals surface area contributed by atoms with E-state index in [-0.39, 0.29) is 18.8 Å². The molecule has 0 spiro atoms. The summed E-state index contributed by atoms with van der Waals surface area (Å²) in [4.78, 5) is 0.